The van der Waals surface area contributed by atoms with Crippen LogP contribution in [0.1, 0.15) is 33.6 Å². The number of anilines is 1. The van der Waals surface area contributed by atoms with Crippen molar-refractivity contribution in [1.82, 2.24) is 10.2 Å². The number of esters is 1. The van der Waals surface area contributed by atoms with Crippen LogP contribution in [0.3, 0.4) is 0 Å². The highest BCUT2D eigenvalue weighted by Gasteiger charge is 2.49. The van der Waals surface area contributed by atoms with E-state index in [0.717, 1.165) is 9.37 Å². The Morgan fingerprint density at radius 1 is 1.22 bits per heavy atom. The molecule has 9 heteroatoms. The molecule has 1 saturated heterocycles. The fourth-order valence-electron chi connectivity index (χ4n) is 2.74. The van der Waals surface area contributed by atoms with Crippen molar-refractivity contribution >= 4 is 45.4 Å². The SMILES string of the molecule is CCC1(CC)NC(=O)N(CC(=O)OC(C)C(=O)Nc2ccc(Br)cc2)C1=O. The Morgan fingerprint density at radius 2 is 1.81 bits per heavy atom. The molecule has 1 unspecified atom stereocenters. The lowest BCUT2D eigenvalue weighted by Gasteiger charge is -2.23. The van der Waals surface area contributed by atoms with Crippen molar-refractivity contribution in [2.45, 2.75) is 45.3 Å². The van der Waals surface area contributed by atoms with Crippen LogP contribution in [0.15, 0.2) is 28.7 Å². The highest BCUT2D eigenvalue weighted by molar-refractivity contribution is 9.10. The van der Waals surface area contributed by atoms with E-state index in [9.17, 15) is 19.2 Å². The van der Waals surface area contributed by atoms with E-state index in [-0.39, 0.29) is 0 Å². The summed E-state index contributed by atoms with van der Waals surface area (Å²) in [6.45, 7) is 4.46. The van der Waals surface area contributed by atoms with Crippen molar-refractivity contribution in [3.8, 4) is 0 Å². The second kappa shape index (κ2) is 8.51. The van der Waals surface area contributed by atoms with Crippen LogP contribution in [-0.4, -0.2) is 46.9 Å². The lowest BCUT2D eigenvalue weighted by atomic mass is 9.93. The van der Waals surface area contributed by atoms with E-state index in [1.807, 2.05) is 0 Å². The van der Waals surface area contributed by atoms with Crippen LogP contribution in [-0.2, 0) is 19.1 Å². The average Bonchev–Trinajstić information content (AvgIpc) is 2.88. The standard InChI is InChI=1S/C18H22BrN3O5/c1-4-18(5-2)16(25)22(17(26)21-18)10-14(23)27-11(3)15(24)20-13-8-6-12(19)7-9-13/h6-9,11H,4-5,10H2,1-3H3,(H,20,24)(H,21,26). The lowest BCUT2D eigenvalue weighted by Crippen LogP contribution is -2.46. The molecule has 2 rings (SSSR count). The number of ether oxygens (including phenoxy) is 1. The van der Waals surface area contributed by atoms with Gasteiger partial charge in [0.25, 0.3) is 11.8 Å². The maximum atomic E-state index is 12.5. The summed E-state index contributed by atoms with van der Waals surface area (Å²) in [6.07, 6.45) is -0.235. The van der Waals surface area contributed by atoms with Gasteiger partial charge >= 0.3 is 12.0 Å². The molecule has 4 amide bonds. The second-order valence-electron chi connectivity index (χ2n) is 6.24. The largest absolute Gasteiger partial charge is 0.451 e. The van der Waals surface area contributed by atoms with Crippen molar-refractivity contribution in [3.63, 3.8) is 0 Å². The van der Waals surface area contributed by atoms with E-state index in [4.69, 9.17) is 4.74 Å². The van der Waals surface area contributed by atoms with Crippen molar-refractivity contribution in [3.05, 3.63) is 28.7 Å². The Balaban J connectivity index is 1.92. The number of nitrogens with one attached hydrogen (secondary N) is 2. The van der Waals surface area contributed by atoms with Crippen LogP contribution in [0.5, 0.6) is 0 Å². The normalized spacial score (nSPS) is 16.7. The fourth-order valence-corrected chi connectivity index (χ4v) is 3.01. The van der Waals surface area contributed by atoms with E-state index in [1.54, 1.807) is 38.1 Å². The first-order valence-corrected chi connectivity index (χ1v) is 9.41. The molecule has 1 aliphatic heterocycles. The predicted molar refractivity (Wildman–Crippen MR) is 102 cm³/mol. The van der Waals surface area contributed by atoms with Crippen molar-refractivity contribution in [1.29, 1.82) is 0 Å². The van der Waals surface area contributed by atoms with Gasteiger partial charge in [-0.3, -0.25) is 19.3 Å². The highest BCUT2D eigenvalue weighted by Crippen LogP contribution is 2.24. The van der Waals surface area contributed by atoms with Gasteiger partial charge < -0.3 is 15.4 Å². The van der Waals surface area contributed by atoms with Crippen molar-refractivity contribution in [2.24, 2.45) is 0 Å². The molecule has 1 fully saturated rings. The molecule has 0 saturated carbocycles. The summed E-state index contributed by atoms with van der Waals surface area (Å²) in [5.74, 6) is -1.80. The fraction of sp³-hybridized carbons (Fsp3) is 0.444. The number of halogens is 1. The minimum Gasteiger partial charge on any atom is -0.451 e. The van der Waals surface area contributed by atoms with Gasteiger partial charge in [-0.15, -0.1) is 0 Å². The molecule has 0 spiro atoms. The quantitative estimate of drug-likeness (QED) is 0.501. The van der Waals surface area contributed by atoms with Crippen LogP contribution in [0.25, 0.3) is 0 Å². The van der Waals surface area contributed by atoms with Gasteiger partial charge in [0.2, 0.25) is 0 Å². The van der Waals surface area contributed by atoms with Gasteiger partial charge in [-0.05, 0) is 44.0 Å². The van der Waals surface area contributed by atoms with Crippen LogP contribution < -0.4 is 10.6 Å². The molecule has 27 heavy (non-hydrogen) atoms. The van der Waals surface area contributed by atoms with E-state index in [0.29, 0.717) is 18.5 Å². The van der Waals surface area contributed by atoms with E-state index < -0.39 is 42.0 Å². The summed E-state index contributed by atoms with van der Waals surface area (Å²) in [5.41, 5.74) is -0.432. The first-order chi connectivity index (χ1) is 12.7. The van der Waals surface area contributed by atoms with Gasteiger partial charge in [0.1, 0.15) is 12.1 Å². The zero-order valence-corrected chi connectivity index (χ0v) is 17.0. The molecule has 1 atom stereocenters. The molecule has 146 valence electrons. The van der Waals surface area contributed by atoms with E-state index in [1.165, 1.54) is 6.92 Å². The Kier molecular flexibility index (Phi) is 6.59. The zero-order chi connectivity index (χ0) is 20.2. The Bertz CT molecular complexity index is 746. The minimum atomic E-state index is -1.08. The Hall–Kier alpha value is -2.42. The summed E-state index contributed by atoms with van der Waals surface area (Å²) in [4.78, 5) is 49.6. The third kappa shape index (κ3) is 4.65. The number of urea groups is 1. The number of amides is 4. The van der Waals surface area contributed by atoms with Gasteiger partial charge in [0, 0.05) is 10.2 Å². The van der Waals surface area contributed by atoms with Gasteiger partial charge in [0.05, 0.1) is 0 Å². The van der Waals surface area contributed by atoms with Crippen LogP contribution >= 0.6 is 15.9 Å². The first-order valence-electron chi connectivity index (χ1n) is 8.62. The third-order valence-corrected chi connectivity index (χ3v) is 5.06. The predicted octanol–water partition coefficient (Wildman–Crippen LogP) is 2.43. The number of imide groups is 1. The summed E-state index contributed by atoms with van der Waals surface area (Å²) in [6, 6.07) is 6.28. The van der Waals surface area contributed by atoms with Crippen LogP contribution in [0.4, 0.5) is 10.5 Å². The number of benzene rings is 1. The van der Waals surface area contributed by atoms with Gasteiger partial charge in [-0.25, -0.2) is 4.79 Å². The second-order valence-corrected chi connectivity index (χ2v) is 7.15. The number of carbonyl (C=O) groups is 4. The highest BCUT2D eigenvalue weighted by atomic mass is 79.9. The maximum absolute atomic E-state index is 12.5. The lowest BCUT2D eigenvalue weighted by molar-refractivity contribution is -0.155. The molecule has 0 aromatic heterocycles. The minimum absolute atomic E-state index is 0.422. The maximum Gasteiger partial charge on any atom is 0.327 e. The molecule has 0 radical (unpaired) electrons. The van der Waals surface area contributed by atoms with Gasteiger partial charge in [0.15, 0.2) is 6.10 Å². The van der Waals surface area contributed by atoms with E-state index >= 15 is 0 Å². The molecule has 1 aliphatic rings. The number of nitrogens with zero attached hydrogens (tertiary/aromatic N) is 1. The Labute approximate surface area is 165 Å². The van der Waals surface area contributed by atoms with Crippen molar-refractivity contribution in [2.75, 3.05) is 11.9 Å². The average molecular weight is 440 g/mol. The van der Waals surface area contributed by atoms with Crippen LogP contribution in [0, 0.1) is 0 Å². The molecular weight excluding hydrogens is 418 g/mol. The number of hydrogen-bond acceptors (Lipinski definition) is 5. The summed E-state index contributed by atoms with van der Waals surface area (Å²) < 4.78 is 5.93. The number of carbonyl (C=O) groups excluding carboxylic acids is 4. The smallest absolute Gasteiger partial charge is 0.327 e. The molecule has 1 aromatic rings. The molecule has 0 aliphatic carbocycles. The number of rotatable bonds is 7. The molecule has 2 N–H and O–H groups in total. The Morgan fingerprint density at radius 3 is 2.33 bits per heavy atom. The summed E-state index contributed by atoms with van der Waals surface area (Å²) >= 11 is 3.30. The molecule has 0 bridgehead atoms. The van der Waals surface area contributed by atoms with Crippen LogP contribution in [0.2, 0.25) is 0 Å². The topological polar surface area (TPSA) is 105 Å². The zero-order valence-electron chi connectivity index (χ0n) is 15.4. The molecule has 8 nitrogen and oxygen atoms in total. The summed E-state index contributed by atoms with van der Waals surface area (Å²) in [7, 11) is 0. The van der Waals surface area contributed by atoms with E-state index in [2.05, 4.69) is 26.6 Å². The van der Waals surface area contributed by atoms with Gasteiger partial charge in [-0.2, -0.15) is 0 Å². The monoisotopic (exact) mass is 439 g/mol. The first kappa shape index (κ1) is 20.9. The summed E-state index contributed by atoms with van der Waals surface area (Å²) in [5, 5.41) is 5.25. The molecule has 1 aromatic carbocycles. The molecule has 1 heterocycles. The number of hydrogen-bond donors (Lipinski definition) is 2. The van der Waals surface area contributed by atoms with Crippen molar-refractivity contribution < 1.29 is 23.9 Å². The third-order valence-electron chi connectivity index (χ3n) is 4.53. The molecular formula is C18H22BrN3O5. The van der Waals surface area contributed by atoms with Gasteiger partial charge in [-0.1, -0.05) is 29.8 Å².